The molecule has 1 aromatic heterocycles. The average Bonchev–Trinajstić information content (AvgIpc) is 2.48. The van der Waals surface area contributed by atoms with E-state index < -0.39 is 5.69 Å². The predicted octanol–water partition coefficient (Wildman–Crippen LogP) is -0.376. The molecule has 0 atom stereocenters. The van der Waals surface area contributed by atoms with Crippen molar-refractivity contribution in [1.82, 2.24) is 14.3 Å². The van der Waals surface area contributed by atoms with Gasteiger partial charge in [-0.1, -0.05) is 6.07 Å². The number of nitrogens with zero attached hydrogens (tertiary/aromatic N) is 4. The number of fused-ring (bicyclic) bond motifs is 1. The van der Waals surface area contributed by atoms with Crippen molar-refractivity contribution < 1.29 is 0 Å². The predicted molar refractivity (Wildman–Crippen MR) is 80.3 cm³/mol. The Bertz CT molecular complexity index is 821. The molecule has 7 nitrogen and oxygen atoms in total. The van der Waals surface area contributed by atoms with Gasteiger partial charge >= 0.3 is 5.69 Å². The summed E-state index contributed by atoms with van der Waals surface area (Å²) in [5.41, 5.74) is 8.06. The second kappa shape index (κ2) is 4.76. The first kappa shape index (κ1) is 13.4. The molecule has 0 saturated carbocycles. The van der Waals surface area contributed by atoms with E-state index in [2.05, 4.69) is 5.10 Å². The molecule has 2 heterocycles. The van der Waals surface area contributed by atoms with Crippen molar-refractivity contribution in [3.8, 4) is 0 Å². The fourth-order valence-electron chi connectivity index (χ4n) is 2.64. The van der Waals surface area contributed by atoms with Gasteiger partial charge in [0, 0.05) is 32.9 Å². The van der Waals surface area contributed by atoms with Gasteiger partial charge in [-0.3, -0.25) is 9.36 Å². The Labute approximate surface area is 121 Å². The summed E-state index contributed by atoms with van der Waals surface area (Å²) in [5, 5.41) is 4.12. The molecular formula is C14H17N5O2. The molecular weight excluding hydrogens is 270 g/mol. The van der Waals surface area contributed by atoms with Gasteiger partial charge in [-0.15, -0.1) is 5.10 Å². The van der Waals surface area contributed by atoms with Gasteiger partial charge in [-0.25, -0.2) is 9.48 Å². The maximum absolute atomic E-state index is 12.2. The first-order valence-electron chi connectivity index (χ1n) is 6.74. The highest BCUT2D eigenvalue weighted by Crippen LogP contribution is 2.22. The fourth-order valence-corrected chi connectivity index (χ4v) is 2.64. The molecule has 1 aromatic carbocycles. The largest absolute Gasteiger partial charge is 0.399 e. The van der Waals surface area contributed by atoms with Crippen LogP contribution in [-0.4, -0.2) is 20.9 Å². The van der Waals surface area contributed by atoms with Gasteiger partial charge in [0.1, 0.15) is 0 Å². The molecule has 0 amide bonds. The summed E-state index contributed by atoms with van der Waals surface area (Å²) in [6, 6.07) is 5.83. The van der Waals surface area contributed by atoms with Gasteiger partial charge in [0.25, 0.3) is 5.56 Å². The highest BCUT2D eigenvalue weighted by molar-refractivity contribution is 5.49. The van der Waals surface area contributed by atoms with Crippen molar-refractivity contribution >= 4 is 11.5 Å². The number of rotatable bonds is 1. The molecule has 0 aliphatic carbocycles. The topological polar surface area (TPSA) is 86.2 Å². The second-order valence-corrected chi connectivity index (χ2v) is 5.29. The Kier molecular flexibility index (Phi) is 3.04. The van der Waals surface area contributed by atoms with Crippen LogP contribution in [0, 0.1) is 0 Å². The van der Waals surface area contributed by atoms with Crippen LogP contribution in [0.4, 0.5) is 11.5 Å². The van der Waals surface area contributed by atoms with Gasteiger partial charge in [-0.2, -0.15) is 0 Å². The summed E-state index contributed by atoms with van der Waals surface area (Å²) < 4.78 is 2.27. The Morgan fingerprint density at radius 2 is 1.95 bits per heavy atom. The fraction of sp³-hybridized carbons (Fsp3) is 0.357. The number of hydrogen-bond donors (Lipinski definition) is 1. The molecule has 2 aromatic rings. The Morgan fingerprint density at radius 1 is 1.19 bits per heavy atom. The van der Waals surface area contributed by atoms with E-state index in [4.69, 9.17) is 5.73 Å². The minimum absolute atomic E-state index is 0.299. The first-order valence-corrected chi connectivity index (χ1v) is 6.74. The van der Waals surface area contributed by atoms with Gasteiger partial charge in [0.05, 0.1) is 0 Å². The molecule has 0 fully saturated rings. The van der Waals surface area contributed by atoms with Crippen LogP contribution in [0.3, 0.4) is 0 Å². The van der Waals surface area contributed by atoms with E-state index in [1.807, 2.05) is 23.1 Å². The Hall–Kier alpha value is -2.57. The standard InChI is InChI=1S/C14H17N5O2/c1-17-13(20)12(16-18(2)14(17)21)19-6-5-9-3-4-11(15)7-10(9)8-19/h3-4,7H,5-6,8,15H2,1-2H3. The van der Waals surface area contributed by atoms with Gasteiger partial charge in [0.2, 0.25) is 5.82 Å². The number of hydrogen-bond acceptors (Lipinski definition) is 5. The molecule has 3 rings (SSSR count). The summed E-state index contributed by atoms with van der Waals surface area (Å²) >= 11 is 0. The second-order valence-electron chi connectivity index (χ2n) is 5.29. The number of benzene rings is 1. The van der Waals surface area contributed by atoms with Crippen molar-refractivity contribution in [3.63, 3.8) is 0 Å². The van der Waals surface area contributed by atoms with Crippen molar-refractivity contribution in [2.45, 2.75) is 13.0 Å². The normalized spacial score (nSPS) is 14.1. The number of aryl methyl sites for hydroxylation is 1. The first-order chi connectivity index (χ1) is 9.97. The lowest BCUT2D eigenvalue weighted by atomic mass is 9.99. The van der Waals surface area contributed by atoms with Crippen LogP contribution < -0.4 is 21.9 Å². The zero-order valence-corrected chi connectivity index (χ0v) is 12.0. The van der Waals surface area contributed by atoms with Crippen LogP contribution in [0.5, 0.6) is 0 Å². The zero-order chi connectivity index (χ0) is 15.1. The van der Waals surface area contributed by atoms with Crippen molar-refractivity contribution in [1.29, 1.82) is 0 Å². The molecule has 1 aliphatic heterocycles. The maximum atomic E-state index is 12.2. The van der Waals surface area contributed by atoms with E-state index in [9.17, 15) is 9.59 Å². The smallest absolute Gasteiger partial charge is 0.346 e. The zero-order valence-electron chi connectivity index (χ0n) is 12.0. The van der Waals surface area contributed by atoms with Crippen LogP contribution in [0.1, 0.15) is 11.1 Å². The van der Waals surface area contributed by atoms with Crippen molar-refractivity contribution in [3.05, 3.63) is 50.2 Å². The summed E-state index contributed by atoms with van der Waals surface area (Å²) in [7, 11) is 3.01. The molecule has 0 saturated heterocycles. The van der Waals surface area contributed by atoms with E-state index in [1.54, 1.807) is 7.05 Å². The lowest BCUT2D eigenvalue weighted by Crippen LogP contribution is -2.44. The van der Waals surface area contributed by atoms with Crippen LogP contribution in [0.25, 0.3) is 0 Å². The molecule has 0 radical (unpaired) electrons. The van der Waals surface area contributed by atoms with Gasteiger partial charge in [0.15, 0.2) is 0 Å². The maximum Gasteiger partial charge on any atom is 0.346 e. The van der Waals surface area contributed by atoms with Gasteiger partial charge in [-0.05, 0) is 29.7 Å². The van der Waals surface area contributed by atoms with Gasteiger partial charge < -0.3 is 10.6 Å². The number of aromatic nitrogens is 3. The lowest BCUT2D eigenvalue weighted by molar-refractivity contribution is 0.581. The van der Waals surface area contributed by atoms with E-state index in [-0.39, 0.29) is 5.56 Å². The molecule has 2 N–H and O–H groups in total. The highest BCUT2D eigenvalue weighted by atomic mass is 16.2. The van der Waals surface area contributed by atoms with Crippen LogP contribution in [-0.2, 0) is 27.1 Å². The summed E-state index contributed by atoms with van der Waals surface area (Å²) in [4.78, 5) is 25.8. The summed E-state index contributed by atoms with van der Waals surface area (Å²) in [5.74, 6) is 0.299. The van der Waals surface area contributed by atoms with Crippen molar-refractivity contribution in [2.24, 2.45) is 14.1 Å². The van der Waals surface area contributed by atoms with Crippen LogP contribution >= 0.6 is 0 Å². The summed E-state index contributed by atoms with van der Waals surface area (Å²) in [6.45, 7) is 1.26. The molecule has 7 heteroatoms. The number of anilines is 2. The van der Waals surface area contributed by atoms with Crippen molar-refractivity contribution in [2.75, 3.05) is 17.2 Å². The van der Waals surface area contributed by atoms with E-state index in [0.29, 0.717) is 24.6 Å². The monoisotopic (exact) mass is 287 g/mol. The molecule has 110 valence electrons. The SMILES string of the molecule is Cn1nc(N2CCc3ccc(N)cc3C2)c(=O)n(C)c1=O. The lowest BCUT2D eigenvalue weighted by Gasteiger charge is -2.29. The molecule has 0 unspecified atom stereocenters. The number of nitrogen functional groups attached to an aromatic ring is 1. The van der Waals surface area contributed by atoms with E-state index >= 15 is 0 Å². The average molecular weight is 287 g/mol. The quantitative estimate of drug-likeness (QED) is 0.723. The van der Waals surface area contributed by atoms with E-state index in [1.165, 1.54) is 17.3 Å². The van der Waals surface area contributed by atoms with Crippen LogP contribution in [0.15, 0.2) is 27.8 Å². The van der Waals surface area contributed by atoms with Crippen LogP contribution in [0.2, 0.25) is 0 Å². The Morgan fingerprint density at radius 3 is 2.71 bits per heavy atom. The molecule has 1 aliphatic rings. The third kappa shape index (κ3) is 2.20. The third-order valence-corrected chi connectivity index (χ3v) is 3.85. The highest BCUT2D eigenvalue weighted by Gasteiger charge is 2.21. The number of nitrogens with two attached hydrogens (primary N) is 1. The van der Waals surface area contributed by atoms with E-state index in [0.717, 1.165) is 16.6 Å². The third-order valence-electron chi connectivity index (χ3n) is 3.85. The molecule has 0 bridgehead atoms. The molecule has 0 spiro atoms. The molecule has 21 heavy (non-hydrogen) atoms. The Balaban J connectivity index is 2.04. The minimum atomic E-state index is -0.426. The summed E-state index contributed by atoms with van der Waals surface area (Å²) in [6.07, 6.45) is 0.823. The minimum Gasteiger partial charge on any atom is -0.399 e.